The minimum absolute atomic E-state index is 0.00255. The van der Waals surface area contributed by atoms with E-state index in [2.05, 4.69) is 5.32 Å². The highest BCUT2D eigenvalue weighted by Crippen LogP contribution is 2.17. The van der Waals surface area contributed by atoms with E-state index in [-0.39, 0.29) is 11.9 Å². The Morgan fingerprint density at radius 3 is 2.47 bits per heavy atom. The van der Waals surface area contributed by atoms with Crippen molar-refractivity contribution in [3.05, 3.63) is 29.3 Å². The van der Waals surface area contributed by atoms with Gasteiger partial charge in [0.15, 0.2) is 6.10 Å². The van der Waals surface area contributed by atoms with Gasteiger partial charge < -0.3 is 15.8 Å². The van der Waals surface area contributed by atoms with Crippen LogP contribution in [0.1, 0.15) is 36.7 Å². The Labute approximate surface area is 113 Å². The first-order valence-electron chi connectivity index (χ1n) is 6.19. The maximum atomic E-state index is 12.0. The van der Waals surface area contributed by atoms with Crippen LogP contribution in [-0.2, 0) is 9.53 Å². The number of carbonyl (C=O) groups is 2. The number of esters is 1. The van der Waals surface area contributed by atoms with E-state index >= 15 is 0 Å². The van der Waals surface area contributed by atoms with Gasteiger partial charge in [-0.05, 0) is 45.4 Å². The van der Waals surface area contributed by atoms with Gasteiger partial charge in [-0.15, -0.1) is 0 Å². The summed E-state index contributed by atoms with van der Waals surface area (Å²) in [7, 11) is 0. The molecule has 0 aromatic heterocycles. The third kappa shape index (κ3) is 3.98. The Balaban J connectivity index is 2.74. The first kappa shape index (κ1) is 15.0. The van der Waals surface area contributed by atoms with Gasteiger partial charge in [-0.2, -0.15) is 0 Å². The van der Waals surface area contributed by atoms with Gasteiger partial charge in [-0.25, -0.2) is 4.79 Å². The predicted octanol–water partition coefficient (Wildman–Crippen LogP) is 1.65. The van der Waals surface area contributed by atoms with Crippen molar-refractivity contribution in [2.75, 3.05) is 5.73 Å². The molecule has 0 heterocycles. The minimum atomic E-state index is -0.837. The molecule has 1 aromatic carbocycles. The van der Waals surface area contributed by atoms with Crippen molar-refractivity contribution >= 4 is 17.6 Å². The summed E-state index contributed by atoms with van der Waals surface area (Å²) in [4.78, 5) is 23.6. The number of anilines is 1. The molecule has 0 aliphatic heterocycles. The van der Waals surface area contributed by atoms with E-state index in [0.717, 1.165) is 0 Å². The first-order chi connectivity index (χ1) is 8.82. The van der Waals surface area contributed by atoms with Crippen molar-refractivity contribution in [1.82, 2.24) is 5.32 Å². The van der Waals surface area contributed by atoms with Crippen LogP contribution in [0.4, 0.5) is 5.69 Å². The Kier molecular flexibility index (Phi) is 4.92. The fourth-order valence-electron chi connectivity index (χ4n) is 1.55. The van der Waals surface area contributed by atoms with E-state index < -0.39 is 12.1 Å². The molecule has 1 aromatic rings. The van der Waals surface area contributed by atoms with Gasteiger partial charge in [-0.1, -0.05) is 6.07 Å². The maximum absolute atomic E-state index is 12.0. The van der Waals surface area contributed by atoms with Gasteiger partial charge in [-0.3, -0.25) is 4.79 Å². The van der Waals surface area contributed by atoms with Crippen LogP contribution < -0.4 is 11.1 Å². The Hall–Kier alpha value is -2.04. The van der Waals surface area contributed by atoms with Gasteiger partial charge in [0.1, 0.15) is 0 Å². The van der Waals surface area contributed by atoms with Gasteiger partial charge in [0.2, 0.25) is 0 Å². The zero-order chi connectivity index (χ0) is 14.6. The van der Waals surface area contributed by atoms with Crippen molar-refractivity contribution in [3.63, 3.8) is 0 Å². The fourth-order valence-corrected chi connectivity index (χ4v) is 1.55. The van der Waals surface area contributed by atoms with Crippen molar-refractivity contribution < 1.29 is 14.3 Å². The highest BCUT2D eigenvalue weighted by atomic mass is 16.5. The van der Waals surface area contributed by atoms with Crippen molar-refractivity contribution in [2.24, 2.45) is 0 Å². The molecule has 104 valence electrons. The maximum Gasteiger partial charge on any atom is 0.339 e. The molecule has 1 rings (SSSR count). The molecule has 0 aliphatic carbocycles. The SMILES string of the molecule is Cc1c(N)cccc1C(=O)OC(C)C(=O)NC(C)C. The third-order valence-corrected chi connectivity index (χ3v) is 2.68. The lowest BCUT2D eigenvalue weighted by Crippen LogP contribution is -2.39. The summed E-state index contributed by atoms with van der Waals surface area (Å²) in [6, 6.07) is 5.02. The first-order valence-corrected chi connectivity index (χ1v) is 6.19. The molecule has 1 unspecified atom stereocenters. The van der Waals surface area contributed by atoms with Gasteiger partial charge >= 0.3 is 5.97 Å². The standard InChI is InChI=1S/C14H20N2O3/c1-8(2)16-13(17)10(4)19-14(18)11-6-5-7-12(15)9(11)3/h5-8,10H,15H2,1-4H3,(H,16,17). The van der Waals surface area contributed by atoms with E-state index in [0.29, 0.717) is 16.8 Å². The van der Waals surface area contributed by atoms with Crippen LogP contribution in [0.25, 0.3) is 0 Å². The number of rotatable bonds is 4. The van der Waals surface area contributed by atoms with Crippen LogP contribution in [0.3, 0.4) is 0 Å². The molecule has 0 spiro atoms. The summed E-state index contributed by atoms with van der Waals surface area (Å²) in [6.45, 7) is 6.96. The van der Waals surface area contributed by atoms with Gasteiger partial charge in [0.05, 0.1) is 5.56 Å². The third-order valence-electron chi connectivity index (χ3n) is 2.68. The molecule has 0 bridgehead atoms. The molecule has 0 radical (unpaired) electrons. The lowest BCUT2D eigenvalue weighted by molar-refractivity contribution is -0.129. The quantitative estimate of drug-likeness (QED) is 0.640. The number of hydrogen-bond donors (Lipinski definition) is 2. The summed E-state index contributed by atoms with van der Waals surface area (Å²) < 4.78 is 5.13. The summed E-state index contributed by atoms with van der Waals surface area (Å²) in [5.41, 5.74) is 7.29. The monoisotopic (exact) mass is 264 g/mol. The number of hydrogen-bond acceptors (Lipinski definition) is 4. The van der Waals surface area contributed by atoms with Crippen LogP contribution in [-0.4, -0.2) is 24.0 Å². The van der Waals surface area contributed by atoms with Crippen LogP contribution >= 0.6 is 0 Å². The molecule has 19 heavy (non-hydrogen) atoms. The van der Waals surface area contributed by atoms with E-state index in [1.165, 1.54) is 6.92 Å². The molecule has 0 fully saturated rings. The molecule has 0 saturated heterocycles. The number of nitrogen functional groups attached to an aromatic ring is 1. The van der Waals surface area contributed by atoms with Gasteiger partial charge in [0.25, 0.3) is 5.91 Å². The van der Waals surface area contributed by atoms with Crippen LogP contribution in [0, 0.1) is 6.92 Å². The lowest BCUT2D eigenvalue weighted by Gasteiger charge is -2.16. The van der Waals surface area contributed by atoms with Crippen LogP contribution in [0.2, 0.25) is 0 Å². The van der Waals surface area contributed by atoms with E-state index in [1.807, 2.05) is 13.8 Å². The van der Waals surface area contributed by atoms with Crippen LogP contribution in [0.5, 0.6) is 0 Å². The highest BCUT2D eigenvalue weighted by molar-refractivity contribution is 5.94. The highest BCUT2D eigenvalue weighted by Gasteiger charge is 2.20. The smallest absolute Gasteiger partial charge is 0.339 e. The molecule has 0 aliphatic rings. The minimum Gasteiger partial charge on any atom is -0.449 e. The van der Waals surface area contributed by atoms with Crippen molar-refractivity contribution in [3.8, 4) is 0 Å². The molecule has 0 saturated carbocycles. The number of amides is 1. The Bertz CT molecular complexity index is 484. The molecule has 3 N–H and O–H groups in total. The van der Waals surface area contributed by atoms with Crippen molar-refractivity contribution in [2.45, 2.75) is 39.8 Å². The molecule has 5 nitrogen and oxygen atoms in total. The van der Waals surface area contributed by atoms with E-state index in [9.17, 15) is 9.59 Å². The second-order valence-electron chi connectivity index (χ2n) is 4.73. The predicted molar refractivity (Wildman–Crippen MR) is 73.7 cm³/mol. The van der Waals surface area contributed by atoms with E-state index in [1.54, 1.807) is 25.1 Å². The average molecular weight is 264 g/mol. The average Bonchev–Trinajstić information content (AvgIpc) is 2.31. The number of nitrogens with two attached hydrogens (primary N) is 1. The lowest BCUT2D eigenvalue weighted by atomic mass is 10.1. The summed E-state index contributed by atoms with van der Waals surface area (Å²) >= 11 is 0. The summed E-state index contributed by atoms with van der Waals surface area (Å²) in [5, 5.41) is 2.68. The Morgan fingerprint density at radius 1 is 1.26 bits per heavy atom. The number of benzene rings is 1. The Morgan fingerprint density at radius 2 is 1.89 bits per heavy atom. The second-order valence-corrected chi connectivity index (χ2v) is 4.73. The zero-order valence-corrected chi connectivity index (χ0v) is 11.7. The molecule has 5 heteroatoms. The summed E-state index contributed by atoms with van der Waals surface area (Å²) in [5.74, 6) is -0.860. The van der Waals surface area contributed by atoms with Crippen LogP contribution in [0.15, 0.2) is 18.2 Å². The fraction of sp³-hybridized carbons (Fsp3) is 0.429. The molecular formula is C14H20N2O3. The molecular weight excluding hydrogens is 244 g/mol. The molecule has 1 amide bonds. The second kappa shape index (κ2) is 6.22. The van der Waals surface area contributed by atoms with Gasteiger partial charge in [0, 0.05) is 11.7 Å². The normalized spacial score (nSPS) is 12.1. The van der Waals surface area contributed by atoms with Crippen molar-refractivity contribution in [1.29, 1.82) is 0 Å². The number of ether oxygens (including phenoxy) is 1. The molecule has 1 atom stereocenters. The largest absolute Gasteiger partial charge is 0.449 e. The zero-order valence-electron chi connectivity index (χ0n) is 11.7. The van der Waals surface area contributed by atoms with E-state index in [4.69, 9.17) is 10.5 Å². The topological polar surface area (TPSA) is 81.4 Å². The number of nitrogens with one attached hydrogen (secondary N) is 1. The summed E-state index contributed by atoms with van der Waals surface area (Å²) in [6.07, 6.45) is -0.837. The number of carbonyl (C=O) groups excluding carboxylic acids is 2.